The lowest BCUT2D eigenvalue weighted by molar-refractivity contribution is -0.247. The lowest BCUT2D eigenvalue weighted by atomic mass is 9.49. The summed E-state index contributed by atoms with van der Waals surface area (Å²) in [5.74, 6) is 2.93. The first-order chi connectivity index (χ1) is 8.25. The fourth-order valence-electron chi connectivity index (χ4n) is 5.17. The summed E-state index contributed by atoms with van der Waals surface area (Å²) in [5.41, 5.74) is 0.376. The Morgan fingerprint density at radius 1 is 0.882 bits per heavy atom. The summed E-state index contributed by atoms with van der Waals surface area (Å²) in [7, 11) is 0. The topological polar surface area (TPSA) is 18.5 Å². The first-order valence-electron chi connectivity index (χ1n) is 7.49. The highest BCUT2D eigenvalue weighted by molar-refractivity contribution is 5.03. The van der Waals surface area contributed by atoms with Crippen molar-refractivity contribution in [2.24, 2.45) is 23.2 Å². The number of hydrogen-bond acceptors (Lipinski definition) is 2. The van der Waals surface area contributed by atoms with Crippen molar-refractivity contribution in [2.45, 2.75) is 58.7 Å². The van der Waals surface area contributed by atoms with Crippen molar-refractivity contribution in [3.05, 3.63) is 0 Å². The third-order valence-electron chi connectivity index (χ3n) is 5.22. The van der Waals surface area contributed by atoms with Crippen molar-refractivity contribution in [2.75, 3.05) is 13.2 Å². The molecule has 0 atom stereocenters. The van der Waals surface area contributed by atoms with Gasteiger partial charge in [-0.25, -0.2) is 0 Å². The molecule has 4 rings (SSSR count). The van der Waals surface area contributed by atoms with Gasteiger partial charge in [0.05, 0.1) is 0 Å². The van der Waals surface area contributed by atoms with Gasteiger partial charge in [0.15, 0.2) is 6.29 Å². The molecule has 4 aliphatic carbocycles. The van der Waals surface area contributed by atoms with Crippen LogP contribution >= 0.6 is 0 Å². The van der Waals surface area contributed by atoms with E-state index in [1.807, 2.05) is 0 Å². The summed E-state index contributed by atoms with van der Waals surface area (Å²) in [6, 6.07) is 0. The van der Waals surface area contributed by atoms with Gasteiger partial charge in [-0.2, -0.15) is 0 Å². The molecule has 0 aromatic rings. The first-order valence-corrected chi connectivity index (χ1v) is 7.49. The van der Waals surface area contributed by atoms with Gasteiger partial charge in [0, 0.05) is 18.6 Å². The minimum absolute atomic E-state index is 0.0749. The summed E-state index contributed by atoms with van der Waals surface area (Å²) in [6.07, 6.45) is 8.64. The molecule has 0 saturated heterocycles. The van der Waals surface area contributed by atoms with Gasteiger partial charge in [-0.1, -0.05) is 0 Å². The minimum atomic E-state index is 0.0749. The fourth-order valence-corrected chi connectivity index (χ4v) is 5.17. The third kappa shape index (κ3) is 2.04. The van der Waals surface area contributed by atoms with E-state index in [9.17, 15) is 0 Å². The van der Waals surface area contributed by atoms with E-state index in [0.29, 0.717) is 5.41 Å². The van der Waals surface area contributed by atoms with Crippen LogP contribution in [0.2, 0.25) is 0 Å². The molecule has 0 aliphatic heterocycles. The Hall–Kier alpha value is -0.0800. The van der Waals surface area contributed by atoms with Crippen molar-refractivity contribution in [3.8, 4) is 0 Å². The van der Waals surface area contributed by atoms with Gasteiger partial charge >= 0.3 is 0 Å². The van der Waals surface area contributed by atoms with E-state index in [2.05, 4.69) is 13.8 Å². The number of hydrogen-bond donors (Lipinski definition) is 0. The van der Waals surface area contributed by atoms with Crippen molar-refractivity contribution >= 4 is 0 Å². The molecule has 0 N–H and O–H groups in total. The molecule has 98 valence electrons. The average Bonchev–Trinajstić information content (AvgIpc) is 2.27. The molecule has 4 aliphatic rings. The van der Waals surface area contributed by atoms with Gasteiger partial charge < -0.3 is 9.47 Å². The second-order valence-corrected chi connectivity index (χ2v) is 6.52. The molecule has 4 bridgehead atoms. The molecule has 0 amide bonds. The van der Waals surface area contributed by atoms with E-state index in [1.54, 1.807) is 0 Å². The van der Waals surface area contributed by atoms with Crippen molar-refractivity contribution < 1.29 is 9.47 Å². The van der Waals surface area contributed by atoms with Crippen molar-refractivity contribution in [1.82, 2.24) is 0 Å². The highest BCUT2D eigenvalue weighted by atomic mass is 16.7. The molecule has 0 aromatic heterocycles. The van der Waals surface area contributed by atoms with Crippen LogP contribution in [0.4, 0.5) is 0 Å². The standard InChI is InChI=1S/C15H26O2/c1-3-16-14(17-4-2)15-8-11-5-12(9-15)7-13(6-11)10-15/h11-14H,3-10H2,1-2H3. The van der Waals surface area contributed by atoms with Gasteiger partial charge in [-0.3, -0.25) is 0 Å². The molecule has 0 unspecified atom stereocenters. The third-order valence-corrected chi connectivity index (χ3v) is 5.22. The first kappa shape index (κ1) is 12.0. The molecule has 0 aromatic carbocycles. The molecule has 0 spiro atoms. The molecule has 17 heavy (non-hydrogen) atoms. The largest absolute Gasteiger partial charge is 0.352 e. The summed E-state index contributed by atoms with van der Waals surface area (Å²) in [6.45, 7) is 5.75. The second-order valence-electron chi connectivity index (χ2n) is 6.52. The zero-order valence-electron chi connectivity index (χ0n) is 11.3. The van der Waals surface area contributed by atoms with Gasteiger partial charge in [-0.15, -0.1) is 0 Å². The van der Waals surface area contributed by atoms with Crippen molar-refractivity contribution in [1.29, 1.82) is 0 Å². The van der Waals surface area contributed by atoms with Crippen LogP contribution in [-0.2, 0) is 9.47 Å². The maximum absolute atomic E-state index is 5.94. The average molecular weight is 238 g/mol. The SMILES string of the molecule is CCOC(OCC)C12CC3CC(CC(C3)C1)C2. The number of rotatable bonds is 5. The van der Waals surface area contributed by atoms with Crippen LogP contribution in [0.5, 0.6) is 0 Å². The van der Waals surface area contributed by atoms with Crippen LogP contribution in [0, 0.1) is 23.2 Å². The van der Waals surface area contributed by atoms with Crippen LogP contribution in [-0.4, -0.2) is 19.5 Å². The van der Waals surface area contributed by atoms with E-state index in [1.165, 1.54) is 38.5 Å². The summed E-state index contributed by atoms with van der Waals surface area (Å²) >= 11 is 0. The normalized spacial score (nSPS) is 43.6. The quantitative estimate of drug-likeness (QED) is 0.681. The van der Waals surface area contributed by atoms with E-state index in [-0.39, 0.29) is 6.29 Å². The van der Waals surface area contributed by atoms with Gasteiger partial charge in [0.25, 0.3) is 0 Å². The predicted molar refractivity (Wildman–Crippen MR) is 67.6 cm³/mol. The second kappa shape index (κ2) is 4.55. The fraction of sp³-hybridized carbons (Fsp3) is 1.00. The lowest BCUT2D eigenvalue weighted by Gasteiger charge is -2.58. The zero-order chi connectivity index (χ0) is 11.9. The maximum atomic E-state index is 5.94. The van der Waals surface area contributed by atoms with Gasteiger partial charge in [-0.05, 0) is 70.1 Å². The van der Waals surface area contributed by atoms with Gasteiger partial charge in [0.2, 0.25) is 0 Å². The van der Waals surface area contributed by atoms with Crippen LogP contribution < -0.4 is 0 Å². The number of ether oxygens (including phenoxy) is 2. The van der Waals surface area contributed by atoms with Crippen LogP contribution in [0.15, 0.2) is 0 Å². The summed E-state index contributed by atoms with van der Waals surface area (Å²) < 4.78 is 11.9. The van der Waals surface area contributed by atoms with E-state index in [0.717, 1.165) is 31.0 Å². The van der Waals surface area contributed by atoms with E-state index >= 15 is 0 Å². The Kier molecular flexibility index (Phi) is 3.20. The molecular formula is C15H26O2. The Balaban J connectivity index is 1.79. The molecule has 4 fully saturated rings. The molecule has 0 radical (unpaired) electrons. The van der Waals surface area contributed by atoms with Crippen molar-refractivity contribution in [3.63, 3.8) is 0 Å². The summed E-state index contributed by atoms with van der Waals surface area (Å²) in [4.78, 5) is 0. The Morgan fingerprint density at radius 2 is 1.29 bits per heavy atom. The maximum Gasteiger partial charge on any atom is 0.163 e. The van der Waals surface area contributed by atoms with E-state index in [4.69, 9.17) is 9.47 Å². The lowest BCUT2D eigenvalue weighted by Crippen LogP contribution is -2.53. The molecule has 0 heterocycles. The van der Waals surface area contributed by atoms with Crippen LogP contribution in [0.3, 0.4) is 0 Å². The summed E-state index contributed by atoms with van der Waals surface area (Å²) in [5, 5.41) is 0. The highest BCUT2D eigenvalue weighted by Crippen LogP contribution is 2.61. The van der Waals surface area contributed by atoms with Crippen LogP contribution in [0.1, 0.15) is 52.4 Å². The smallest absolute Gasteiger partial charge is 0.163 e. The minimum Gasteiger partial charge on any atom is -0.352 e. The predicted octanol–water partition coefficient (Wildman–Crippen LogP) is 3.60. The Labute approximate surface area is 105 Å². The zero-order valence-corrected chi connectivity index (χ0v) is 11.3. The molecule has 4 saturated carbocycles. The molecule has 2 heteroatoms. The van der Waals surface area contributed by atoms with Gasteiger partial charge in [0.1, 0.15) is 0 Å². The Morgan fingerprint density at radius 3 is 1.65 bits per heavy atom. The Bertz CT molecular complexity index is 233. The molecule has 2 nitrogen and oxygen atoms in total. The highest BCUT2D eigenvalue weighted by Gasteiger charge is 2.55. The van der Waals surface area contributed by atoms with Crippen LogP contribution in [0.25, 0.3) is 0 Å². The van der Waals surface area contributed by atoms with E-state index < -0.39 is 0 Å². The monoisotopic (exact) mass is 238 g/mol. The molecular weight excluding hydrogens is 212 g/mol.